The molecule has 0 bridgehead atoms. The molecule has 1 atom stereocenters. The van der Waals surface area contributed by atoms with Crippen LogP contribution in [0.15, 0.2) is 41.8 Å². The molecule has 0 aliphatic heterocycles. The van der Waals surface area contributed by atoms with Crippen molar-refractivity contribution in [2.75, 3.05) is 0 Å². The van der Waals surface area contributed by atoms with Crippen molar-refractivity contribution >= 4 is 23.7 Å². The summed E-state index contributed by atoms with van der Waals surface area (Å²) < 4.78 is 1.94. The first-order chi connectivity index (χ1) is 10.9. The van der Waals surface area contributed by atoms with Crippen molar-refractivity contribution in [2.24, 2.45) is 11.7 Å². The molecule has 122 valence electrons. The Hall–Kier alpha value is -2.28. The van der Waals surface area contributed by atoms with Gasteiger partial charge in [-0.3, -0.25) is 14.7 Å². The van der Waals surface area contributed by atoms with Gasteiger partial charge in [0.2, 0.25) is 5.91 Å². The van der Waals surface area contributed by atoms with Crippen LogP contribution in [0.5, 0.6) is 0 Å². The topological polar surface area (TPSA) is 90.0 Å². The zero-order valence-corrected chi connectivity index (χ0v) is 14.1. The summed E-state index contributed by atoms with van der Waals surface area (Å²) in [6.45, 7) is 5.85. The lowest BCUT2D eigenvalue weighted by Crippen LogP contribution is -2.42. The molecule has 0 saturated carbocycles. The number of hydrogen-bond donors (Lipinski definition) is 2. The molecule has 0 radical (unpaired) electrons. The number of benzene rings is 1. The summed E-state index contributed by atoms with van der Waals surface area (Å²) in [5.41, 5.74) is 7.16. The Morgan fingerprint density at radius 1 is 1.30 bits per heavy atom. The number of aryl methyl sites for hydroxylation is 1. The van der Waals surface area contributed by atoms with E-state index in [2.05, 4.69) is 10.3 Å². The van der Waals surface area contributed by atoms with Gasteiger partial charge in [0.1, 0.15) is 0 Å². The first-order valence-electron chi connectivity index (χ1n) is 7.26. The smallest absolute Gasteiger partial charge is 0.318 e. The summed E-state index contributed by atoms with van der Waals surface area (Å²) in [6.07, 6.45) is 3.55. The number of nitrogens with two attached hydrogens (primary N) is 1. The van der Waals surface area contributed by atoms with Gasteiger partial charge >= 0.3 is 6.03 Å². The monoisotopic (exact) mass is 332 g/mol. The molecule has 1 aromatic carbocycles. The van der Waals surface area contributed by atoms with Gasteiger partial charge in [-0.15, -0.1) is 0 Å². The van der Waals surface area contributed by atoms with Crippen LogP contribution < -0.4 is 11.1 Å². The Morgan fingerprint density at radius 2 is 2.00 bits per heavy atom. The average Bonchev–Trinajstić information content (AvgIpc) is 2.92. The van der Waals surface area contributed by atoms with Crippen LogP contribution in [0.1, 0.15) is 19.4 Å². The predicted octanol–water partition coefficient (Wildman–Crippen LogP) is 2.49. The summed E-state index contributed by atoms with van der Waals surface area (Å²) in [6, 6.07) is 7.10. The first kappa shape index (κ1) is 17.1. The maximum absolute atomic E-state index is 12.2. The van der Waals surface area contributed by atoms with E-state index in [0.717, 1.165) is 11.3 Å². The number of urea groups is 1. The van der Waals surface area contributed by atoms with Gasteiger partial charge in [0.05, 0.1) is 10.9 Å². The van der Waals surface area contributed by atoms with Crippen molar-refractivity contribution in [1.82, 2.24) is 14.9 Å². The molecule has 0 aliphatic carbocycles. The van der Waals surface area contributed by atoms with E-state index in [-0.39, 0.29) is 5.92 Å². The van der Waals surface area contributed by atoms with Gasteiger partial charge in [0.25, 0.3) is 0 Å². The van der Waals surface area contributed by atoms with E-state index >= 15 is 0 Å². The quantitative estimate of drug-likeness (QED) is 0.823. The molecular formula is C16H20N4O2S. The number of imidazole rings is 1. The summed E-state index contributed by atoms with van der Waals surface area (Å²) in [5, 5.41) is 2.38. The van der Waals surface area contributed by atoms with Crippen molar-refractivity contribution in [3.8, 4) is 5.69 Å². The molecule has 0 spiro atoms. The van der Waals surface area contributed by atoms with Gasteiger partial charge in [0, 0.05) is 12.4 Å². The largest absolute Gasteiger partial charge is 0.351 e. The van der Waals surface area contributed by atoms with E-state index in [9.17, 15) is 9.59 Å². The minimum atomic E-state index is -0.844. The number of carbonyl (C=O) groups is 2. The Balaban J connectivity index is 2.29. The normalized spacial score (nSPS) is 12.2. The molecule has 1 unspecified atom stereocenters. The SMILES string of the molecule is Cc1ccccc1-n1ccnc1SC(C(=O)NC(N)=O)C(C)C. The molecule has 2 aromatic rings. The number of carbonyl (C=O) groups excluding carboxylic acids is 2. The Labute approximate surface area is 139 Å². The number of para-hydroxylation sites is 1. The fourth-order valence-electron chi connectivity index (χ4n) is 2.19. The minimum Gasteiger partial charge on any atom is -0.351 e. The number of primary amides is 1. The third-order valence-corrected chi connectivity index (χ3v) is 4.85. The van der Waals surface area contributed by atoms with Gasteiger partial charge in [-0.05, 0) is 24.5 Å². The van der Waals surface area contributed by atoms with E-state index in [0.29, 0.717) is 5.16 Å². The first-order valence-corrected chi connectivity index (χ1v) is 8.14. The lowest BCUT2D eigenvalue weighted by Gasteiger charge is -2.19. The van der Waals surface area contributed by atoms with Crippen LogP contribution in [0.25, 0.3) is 5.69 Å². The van der Waals surface area contributed by atoms with E-state index in [1.54, 1.807) is 6.20 Å². The second-order valence-electron chi connectivity index (χ2n) is 5.50. The molecule has 1 aromatic heterocycles. The van der Waals surface area contributed by atoms with Crippen LogP contribution in [0.4, 0.5) is 4.79 Å². The molecule has 23 heavy (non-hydrogen) atoms. The summed E-state index contributed by atoms with van der Waals surface area (Å²) in [4.78, 5) is 27.4. The third kappa shape index (κ3) is 4.13. The highest BCUT2D eigenvalue weighted by Gasteiger charge is 2.26. The number of amides is 3. The molecule has 0 fully saturated rings. The molecule has 1 heterocycles. The van der Waals surface area contributed by atoms with E-state index in [4.69, 9.17) is 5.73 Å². The highest BCUT2D eigenvalue weighted by molar-refractivity contribution is 8.00. The van der Waals surface area contributed by atoms with Gasteiger partial charge < -0.3 is 5.73 Å². The standard InChI is InChI=1S/C16H20N4O2S/c1-10(2)13(14(21)19-15(17)22)23-16-18-8-9-20(16)12-7-5-4-6-11(12)3/h4-10,13H,1-3H3,(H3,17,19,21,22). The molecular weight excluding hydrogens is 312 g/mol. The van der Waals surface area contributed by atoms with Crippen molar-refractivity contribution in [1.29, 1.82) is 0 Å². The average molecular weight is 332 g/mol. The minimum absolute atomic E-state index is 0.0152. The number of hydrogen-bond acceptors (Lipinski definition) is 4. The molecule has 0 aliphatic rings. The van der Waals surface area contributed by atoms with Gasteiger partial charge in [0.15, 0.2) is 5.16 Å². The van der Waals surface area contributed by atoms with Crippen LogP contribution >= 0.6 is 11.8 Å². The van der Waals surface area contributed by atoms with Crippen LogP contribution in [0, 0.1) is 12.8 Å². The Bertz CT molecular complexity index is 712. The lowest BCUT2D eigenvalue weighted by atomic mass is 10.1. The summed E-state index contributed by atoms with van der Waals surface area (Å²) in [7, 11) is 0. The van der Waals surface area contributed by atoms with Crippen molar-refractivity contribution in [3.05, 3.63) is 42.2 Å². The van der Waals surface area contributed by atoms with Crippen molar-refractivity contribution < 1.29 is 9.59 Å². The maximum atomic E-state index is 12.2. The number of thioether (sulfide) groups is 1. The fourth-order valence-corrected chi connectivity index (χ4v) is 3.25. The summed E-state index contributed by atoms with van der Waals surface area (Å²) in [5.74, 6) is -0.391. The van der Waals surface area contributed by atoms with Crippen molar-refractivity contribution in [3.63, 3.8) is 0 Å². The van der Waals surface area contributed by atoms with Crippen molar-refractivity contribution in [2.45, 2.75) is 31.2 Å². The van der Waals surface area contributed by atoms with Gasteiger partial charge in [-0.25, -0.2) is 9.78 Å². The summed E-state index contributed by atoms with van der Waals surface area (Å²) >= 11 is 1.32. The van der Waals surface area contributed by atoms with Crippen LogP contribution in [0.2, 0.25) is 0 Å². The number of imide groups is 1. The Morgan fingerprint density at radius 3 is 2.61 bits per heavy atom. The highest BCUT2D eigenvalue weighted by Crippen LogP contribution is 2.29. The van der Waals surface area contributed by atoms with Gasteiger partial charge in [-0.2, -0.15) is 0 Å². The molecule has 0 saturated heterocycles. The second-order valence-corrected chi connectivity index (χ2v) is 6.61. The number of nitrogens with one attached hydrogen (secondary N) is 1. The second kappa shape index (κ2) is 7.32. The molecule has 3 amide bonds. The maximum Gasteiger partial charge on any atom is 0.318 e. The highest BCUT2D eigenvalue weighted by atomic mass is 32.2. The zero-order valence-electron chi connectivity index (χ0n) is 13.3. The lowest BCUT2D eigenvalue weighted by molar-refractivity contribution is -0.120. The zero-order chi connectivity index (χ0) is 17.0. The number of nitrogens with zero attached hydrogens (tertiary/aromatic N) is 2. The van der Waals surface area contributed by atoms with Crippen LogP contribution in [-0.2, 0) is 4.79 Å². The Kier molecular flexibility index (Phi) is 5.44. The molecule has 2 rings (SSSR count). The van der Waals surface area contributed by atoms with Crippen LogP contribution in [0.3, 0.4) is 0 Å². The molecule has 6 nitrogen and oxygen atoms in total. The third-order valence-electron chi connectivity index (χ3n) is 3.32. The number of rotatable bonds is 5. The van der Waals surface area contributed by atoms with E-state index < -0.39 is 17.2 Å². The van der Waals surface area contributed by atoms with Gasteiger partial charge in [-0.1, -0.05) is 43.8 Å². The number of aromatic nitrogens is 2. The predicted molar refractivity (Wildman–Crippen MR) is 90.5 cm³/mol. The van der Waals surface area contributed by atoms with E-state index in [1.807, 2.05) is 55.8 Å². The molecule has 3 N–H and O–H groups in total. The fraction of sp³-hybridized carbons (Fsp3) is 0.312. The van der Waals surface area contributed by atoms with E-state index in [1.165, 1.54) is 11.8 Å². The van der Waals surface area contributed by atoms with Crippen LogP contribution in [-0.4, -0.2) is 26.7 Å². The molecule has 7 heteroatoms.